The number of rotatable bonds is 8. The molecule has 0 atom stereocenters. The lowest BCUT2D eigenvalue weighted by Crippen LogP contribution is -2.28. The molecular weight excluding hydrogens is 825 g/mol. The first-order valence-electron chi connectivity index (χ1n) is 23.2. The summed E-state index contributed by atoms with van der Waals surface area (Å²) in [7, 11) is 0. The maximum Gasteiger partial charge on any atom is 0.160 e. The molecule has 10 aromatic carbocycles. The Labute approximate surface area is 395 Å². The van der Waals surface area contributed by atoms with Crippen LogP contribution in [-0.4, -0.2) is 9.97 Å². The molecule has 1 aliphatic rings. The molecule has 1 aliphatic carbocycles. The van der Waals surface area contributed by atoms with E-state index in [1.807, 2.05) is 18.2 Å². The van der Waals surface area contributed by atoms with Crippen molar-refractivity contribution in [2.75, 3.05) is 0 Å². The number of furan rings is 1. The molecule has 2 heterocycles. The van der Waals surface area contributed by atoms with Crippen LogP contribution in [0.2, 0.25) is 0 Å². The minimum atomic E-state index is -0.515. The molecule has 0 saturated carbocycles. The minimum Gasteiger partial charge on any atom is -0.456 e. The molecule has 0 N–H and O–H groups in total. The van der Waals surface area contributed by atoms with Crippen LogP contribution >= 0.6 is 0 Å². The predicted molar refractivity (Wildman–Crippen MR) is 279 cm³/mol. The SMILES string of the molecule is c1ccc(-c2cc(-c3cc(-c4ccccc4-c4ccc5oc6ccccc6c5c4)nc(-c4ccccc4)n3)cc(-c3cccc4c3-c3ccccc3C4(c3ccccc3)c3ccccc3)c2)cc1. The zero-order valence-corrected chi connectivity index (χ0v) is 37.1. The zero-order valence-electron chi connectivity index (χ0n) is 37.1. The molecule has 0 aliphatic heterocycles. The summed E-state index contributed by atoms with van der Waals surface area (Å²) < 4.78 is 6.24. The van der Waals surface area contributed by atoms with E-state index in [0.717, 1.165) is 77.8 Å². The van der Waals surface area contributed by atoms with Crippen molar-refractivity contribution in [1.29, 1.82) is 0 Å². The zero-order chi connectivity index (χ0) is 45.0. The van der Waals surface area contributed by atoms with E-state index >= 15 is 0 Å². The van der Waals surface area contributed by atoms with Crippen LogP contribution in [0.5, 0.6) is 0 Å². The van der Waals surface area contributed by atoms with Crippen molar-refractivity contribution in [2.24, 2.45) is 0 Å². The number of benzene rings is 10. The van der Waals surface area contributed by atoms with E-state index < -0.39 is 5.41 Å². The van der Waals surface area contributed by atoms with Crippen molar-refractivity contribution in [3.63, 3.8) is 0 Å². The van der Waals surface area contributed by atoms with Gasteiger partial charge in [-0.25, -0.2) is 9.97 Å². The Hall–Kier alpha value is -8.92. The first kappa shape index (κ1) is 39.4. The van der Waals surface area contributed by atoms with E-state index in [9.17, 15) is 0 Å². The number of para-hydroxylation sites is 1. The van der Waals surface area contributed by atoms with Crippen LogP contribution in [0.25, 0.3) is 100 Å². The Morgan fingerprint density at radius 2 is 0.838 bits per heavy atom. The van der Waals surface area contributed by atoms with Crippen molar-refractivity contribution in [3.05, 3.63) is 277 Å². The third-order valence-corrected chi connectivity index (χ3v) is 13.8. The van der Waals surface area contributed by atoms with Crippen LogP contribution in [0.3, 0.4) is 0 Å². The number of nitrogens with zero attached hydrogens (tertiary/aromatic N) is 2. The van der Waals surface area contributed by atoms with Crippen molar-refractivity contribution in [2.45, 2.75) is 5.41 Å². The van der Waals surface area contributed by atoms with E-state index in [1.54, 1.807) is 0 Å². The lowest BCUT2D eigenvalue weighted by atomic mass is 9.67. The Bertz CT molecular complexity index is 3800. The summed E-state index contributed by atoms with van der Waals surface area (Å²) in [5.74, 6) is 0.667. The lowest BCUT2D eigenvalue weighted by Gasteiger charge is -2.34. The van der Waals surface area contributed by atoms with Crippen LogP contribution in [0, 0.1) is 0 Å². The minimum absolute atomic E-state index is 0.515. The molecule has 0 bridgehead atoms. The Morgan fingerprint density at radius 1 is 0.294 bits per heavy atom. The summed E-state index contributed by atoms with van der Waals surface area (Å²) >= 11 is 0. The van der Waals surface area contributed by atoms with Crippen molar-refractivity contribution >= 4 is 21.9 Å². The summed E-state index contributed by atoms with van der Waals surface area (Å²) in [6, 6.07) is 91.4. The molecule has 0 unspecified atom stereocenters. The summed E-state index contributed by atoms with van der Waals surface area (Å²) in [6.07, 6.45) is 0. The smallest absolute Gasteiger partial charge is 0.160 e. The van der Waals surface area contributed by atoms with Crippen molar-refractivity contribution in [3.8, 4) is 78.4 Å². The highest BCUT2D eigenvalue weighted by molar-refractivity contribution is 6.07. The van der Waals surface area contributed by atoms with Gasteiger partial charge in [-0.1, -0.05) is 212 Å². The highest BCUT2D eigenvalue weighted by atomic mass is 16.3. The number of aromatic nitrogens is 2. The summed E-state index contributed by atoms with van der Waals surface area (Å²) in [5.41, 5.74) is 20.2. The van der Waals surface area contributed by atoms with Crippen LogP contribution < -0.4 is 0 Å². The first-order chi connectivity index (χ1) is 33.7. The molecule has 13 rings (SSSR count). The average Bonchev–Trinajstić information content (AvgIpc) is 3.95. The van der Waals surface area contributed by atoms with Gasteiger partial charge in [-0.05, 0) is 109 Å². The maximum atomic E-state index is 6.24. The van der Waals surface area contributed by atoms with Gasteiger partial charge in [0.2, 0.25) is 0 Å². The Balaban J connectivity index is 1.04. The molecule has 0 fully saturated rings. The van der Waals surface area contributed by atoms with Gasteiger partial charge in [-0.2, -0.15) is 0 Å². The predicted octanol–water partition coefficient (Wildman–Crippen LogP) is 16.7. The molecule has 0 saturated heterocycles. The Kier molecular flexibility index (Phi) is 9.40. The second-order valence-electron chi connectivity index (χ2n) is 17.6. The largest absolute Gasteiger partial charge is 0.456 e. The third-order valence-electron chi connectivity index (χ3n) is 13.8. The molecule has 0 radical (unpaired) electrons. The van der Waals surface area contributed by atoms with Gasteiger partial charge >= 0.3 is 0 Å². The van der Waals surface area contributed by atoms with Crippen molar-refractivity contribution in [1.82, 2.24) is 9.97 Å². The summed E-state index contributed by atoms with van der Waals surface area (Å²) in [4.78, 5) is 10.8. The van der Waals surface area contributed by atoms with Crippen molar-refractivity contribution < 1.29 is 4.42 Å². The topological polar surface area (TPSA) is 38.9 Å². The number of hydrogen-bond acceptors (Lipinski definition) is 3. The normalized spacial score (nSPS) is 12.5. The van der Waals surface area contributed by atoms with E-state index in [1.165, 1.54) is 38.9 Å². The molecule has 3 heteroatoms. The quantitative estimate of drug-likeness (QED) is 0.153. The van der Waals surface area contributed by atoms with Gasteiger partial charge in [-0.3, -0.25) is 0 Å². The molecule has 3 nitrogen and oxygen atoms in total. The van der Waals surface area contributed by atoms with Crippen LogP contribution in [0.15, 0.2) is 259 Å². The molecule has 0 amide bonds. The average molecular weight is 867 g/mol. The molecule has 0 spiro atoms. The van der Waals surface area contributed by atoms with Gasteiger partial charge in [0.05, 0.1) is 16.8 Å². The lowest BCUT2D eigenvalue weighted by molar-refractivity contribution is 0.669. The van der Waals surface area contributed by atoms with E-state index in [2.05, 4.69) is 237 Å². The molecular formula is C65H42N2O. The van der Waals surface area contributed by atoms with Gasteiger partial charge in [0.1, 0.15) is 11.2 Å². The van der Waals surface area contributed by atoms with Gasteiger partial charge in [0.15, 0.2) is 5.82 Å². The molecule has 12 aromatic rings. The fourth-order valence-electron chi connectivity index (χ4n) is 10.8. The van der Waals surface area contributed by atoms with Gasteiger partial charge < -0.3 is 4.42 Å². The number of hydrogen-bond donors (Lipinski definition) is 0. The molecule has 2 aromatic heterocycles. The van der Waals surface area contributed by atoms with Crippen LogP contribution in [0.1, 0.15) is 22.3 Å². The first-order valence-corrected chi connectivity index (χ1v) is 23.2. The fraction of sp³-hybridized carbons (Fsp3) is 0.0154. The molecule has 68 heavy (non-hydrogen) atoms. The van der Waals surface area contributed by atoms with E-state index in [4.69, 9.17) is 14.4 Å². The van der Waals surface area contributed by atoms with Gasteiger partial charge in [0.25, 0.3) is 0 Å². The fourth-order valence-corrected chi connectivity index (χ4v) is 10.8. The van der Waals surface area contributed by atoms with Crippen LogP contribution in [-0.2, 0) is 5.41 Å². The van der Waals surface area contributed by atoms with Gasteiger partial charge in [-0.15, -0.1) is 0 Å². The Morgan fingerprint density at radius 3 is 1.59 bits per heavy atom. The van der Waals surface area contributed by atoms with Crippen LogP contribution in [0.4, 0.5) is 0 Å². The second-order valence-corrected chi connectivity index (χ2v) is 17.6. The van der Waals surface area contributed by atoms with E-state index in [0.29, 0.717) is 5.82 Å². The highest BCUT2D eigenvalue weighted by Crippen LogP contribution is 2.58. The standard InChI is InChI=1S/C65H42N2O/c1-5-20-43(21-6-1)46-38-47(52-32-19-34-58-63(52)55-31-15-17-33-57(55)65(58,49-24-9-3-10-25-49)50-26-11-4-12-27-50)40-48(39-46)59-42-60(67-64(66-59)44-22-7-2-8-23-44)53-29-14-13-28-51(53)45-36-37-62-56(41-45)54-30-16-18-35-61(54)68-62/h1-42H. The monoisotopic (exact) mass is 866 g/mol. The highest BCUT2D eigenvalue weighted by Gasteiger charge is 2.46. The van der Waals surface area contributed by atoms with E-state index in [-0.39, 0.29) is 0 Å². The summed E-state index contributed by atoms with van der Waals surface area (Å²) in [6.45, 7) is 0. The summed E-state index contributed by atoms with van der Waals surface area (Å²) in [5, 5.41) is 2.19. The number of fused-ring (bicyclic) bond motifs is 6. The van der Waals surface area contributed by atoms with Gasteiger partial charge in [0, 0.05) is 27.5 Å². The maximum absolute atomic E-state index is 6.24. The molecule has 318 valence electrons. The third kappa shape index (κ3) is 6.43. The second kappa shape index (κ2) is 16.2.